The second-order valence-electron chi connectivity index (χ2n) is 3.90. The minimum Gasteiger partial charge on any atom is -0.508 e. The van der Waals surface area contributed by atoms with Crippen molar-refractivity contribution in [2.24, 2.45) is 5.73 Å². The largest absolute Gasteiger partial charge is 0.508 e. The van der Waals surface area contributed by atoms with Gasteiger partial charge in [0, 0.05) is 11.5 Å². The van der Waals surface area contributed by atoms with Gasteiger partial charge in [0.05, 0.1) is 0 Å². The van der Waals surface area contributed by atoms with Gasteiger partial charge in [0.25, 0.3) is 0 Å². The molecule has 13 heavy (non-hydrogen) atoms. The Kier molecular flexibility index (Phi) is 1.81. The Hall–Kier alpha value is -1.02. The molecule has 2 rings (SSSR count). The van der Waals surface area contributed by atoms with Gasteiger partial charge in [-0.3, -0.25) is 0 Å². The van der Waals surface area contributed by atoms with Crippen LogP contribution in [0.25, 0.3) is 0 Å². The van der Waals surface area contributed by atoms with Crippen LogP contribution in [0, 0.1) is 0 Å². The second-order valence-corrected chi connectivity index (χ2v) is 3.90. The lowest BCUT2D eigenvalue weighted by Gasteiger charge is -2.08. The fraction of sp³-hybridized carbons (Fsp3) is 0.455. The van der Waals surface area contributed by atoms with Gasteiger partial charge in [-0.15, -0.1) is 0 Å². The Bertz CT molecular complexity index is 324. The van der Waals surface area contributed by atoms with E-state index >= 15 is 0 Å². The Morgan fingerprint density at radius 2 is 2.23 bits per heavy atom. The molecule has 0 spiro atoms. The van der Waals surface area contributed by atoms with E-state index in [-0.39, 0.29) is 5.54 Å². The second kappa shape index (κ2) is 2.74. The SMILES string of the molecule is CCC1(N)CC1c1ccccc1O. The maximum Gasteiger partial charge on any atom is 0.119 e. The summed E-state index contributed by atoms with van der Waals surface area (Å²) >= 11 is 0. The van der Waals surface area contributed by atoms with Crippen molar-refractivity contribution in [2.45, 2.75) is 31.2 Å². The van der Waals surface area contributed by atoms with Gasteiger partial charge >= 0.3 is 0 Å². The fourth-order valence-electron chi connectivity index (χ4n) is 1.91. The van der Waals surface area contributed by atoms with E-state index in [9.17, 15) is 5.11 Å². The van der Waals surface area contributed by atoms with Crippen molar-refractivity contribution in [1.29, 1.82) is 0 Å². The topological polar surface area (TPSA) is 46.2 Å². The van der Waals surface area contributed by atoms with Gasteiger partial charge in [-0.05, 0) is 24.5 Å². The van der Waals surface area contributed by atoms with Crippen LogP contribution in [0.2, 0.25) is 0 Å². The molecule has 70 valence electrons. The summed E-state index contributed by atoms with van der Waals surface area (Å²) in [4.78, 5) is 0. The molecule has 0 radical (unpaired) electrons. The van der Waals surface area contributed by atoms with Crippen molar-refractivity contribution in [2.75, 3.05) is 0 Å². The molecule has 1 saturated carbocycles. The lowest BCUT2D eigenvalue weighted by atomic mass is 10.0. The highest BCUT2D eigenvalue weighted by atomic mass is 16.3. The molecule has 1 aliphatic carbocycles. The minimum atomic E-state index is -0.0567. The first-order valence-corrected chi connectivity index (χ1v) is 4.74. The average molecular weight is 177 g/mol. The summed E-state index contributed by atoms with van der Waals surface area (Å²) in [5.41, 5.74) is 7.03. The normalized spacial score (nSPS) is 31.7. The van der Waals surface area contributed by atoms with Crippen LogP contribution in [0.15, 0.2) is 24.3 Å². The summed E-state index contributed by atoms with van der Waals surface area (Å²) in [7, 11) is 0. The molecule has 3 N–H and O–H groups in total. The van der Waals surface area contributed by atoms with Gasteiger partial charge in [-0.2, -0.15) is 0 Å². The lowest BCUT2D eigenvalue weighted by molar-refractivity contribution is 0.465. The Morgan fingerprint density at radius 1 is 1.54 bits per heavy atom. The van der Waals surface area contributed by atoms with Crippen LogP contribution < -0.4 is 5.73 Å². The first-order chi connectivity index (χ1) is 6.17. The highest BCUT2D eigenvalue weighted by Gasteiger charge is 2.50. The third kappa shape index (κ3) is 1.31. The Balaban J connectivity index is 2.25. The number of aromatic hydroxyl groups is 1. The predicted molar refractivity (Wildman–Crippen MR) is 52.7 cm³/mol. The molecule has 0 saturated heterocycles. The number of rotatable bonds is 2. The van der Waals surface area contributed by atoms with Crippen molar-refractivity contribution < 1.29 is 5.11 Å². The summed E-state index contributed by atoms with van der Waals surface area (Å²) in [5.74, 6) is 0.743. The van der Waals surface area contributed by atoms with Crippen LogP contribution in [0.1, 0.15) is 31.2 Å². The van der Waals surface area contributed by atoms with Crippen LogP contribution in [-0.4, -0.2) is 10.6 Å². The number of hydrogen-bond donors (Lipinski definition) is 2. The van der Waals surface area contributed by atoms with Crippen LogP contribution in [0.3, 0.4) is 0 Å². The van der Waals surface area contributed by atoms with E-state index in [1.807, 2.05) is 18.2 Å². The molecule has 2 heteroatoms. The van der Waals surface area contributed by atoms with E-state index in [0.717, 1.165) is 18.4 Å². The average Bonchev–Trinajstić information content (AvgIpc) is 2.80. The molecule has 2 nitrogen and oxygen atoms in total. The predicted octanol–water partition coefficient (Wildman–Crippen LogP) is 1.99. The van der Waals surface area contributed by atoms with Gasteiger partial charge in [0.1, 0.15) is 5.75 Å². The van der Waals surface area contributed by atoms with Crippen molar-refractivity contribution in [3.63, 3.8) is 0 Å². The van der Waals surface area contributed by atoms with Crippen LogP contribution in [-0.2, 0) is 0 Å². The molecular weight excluding hydrogens is 162 g/mol. The molecule has 1 fully saturated rings. The first kappa shape index (κ1) is 8.57. The maximum absolute atomic E-state index is 9.59. The molecule has 0 aliphatic heterocycles. The summed E-state index contributed by atoms with van der Waals surface area (Å²) in [6, 6.07) is 7.48. The number of nitrogens with two attached hydrogens (primary N) is 1. The zero-order valence-corrected chi connectivity index (χ0v) is 7.83. The van der Waals surface area contributed by atoms with E-state index in [4.69, 9.17) is 5.73 Å². The Labute approximate surface area is 78.4 Å². The van der Waals surface area contributed by atoms with Gasteiger partial charge < -0.3 is 10.8 Å². The van der Waals surface area contributed by atoms with Crippen molar-refractivity contribution in [3.8, 4) is 5.75 Å². The number of hydrogen-bond acceptors (Lipinski definition) is 2. The van der Waals surface area contributed by atoms with Crippen LogP contribution >= 0.6 is 0 Å². The highest BCUT2D eigenvalue weighted by molar-refractivity contribution is 5.42. The molecule has 2 atom stereocenters. The van der Waals surface area contributed by atoms with Gasteiger partial charge in [-0.1, -0.05) is 25.1 Å². The molecule has 2 unspecified atom stereocenters. The van der Waals surface area contributed by atoms with E-state index in [0.29, 0.717) is 11.7 Å². The standard InChI is InChI=1S/C11H15NO/c1-2-11(12)7-9(11)8-5-3-4-6-10(8)13/h3-6,9,13H,2,7,12H2,1H3. The molecule has 0 amide bonds. The maximum atomic E-state index is 9.59. The highest BCUT2D eigenvalue weighted by Crippen LogP contribution is 2.53. The molecule has 0 bridgehead atoms. The molecule has 1 aromatic carbocycles. The monoisotopic (exact) mass is 177 g/mol. The summed E-state index contributed by atoms with van der Waals surface area (Å²) in [6.07, 6.45) is 1.98. The minimum absolute atomic E-state index is 0.0567. The zero-order chi connectivity index (χ0) is 9.47. The van der Waals surface area contributed by atoms with Gasteiger partial charge in [-0.25, -0.2) is 0 Å². The van der Waals surface area contributed by atoms with Gasteiger partial charge in [0.15, 0.2) is 0 Å². The summed E-state index contributed by atoms with van der Waals surface area (Å²) in [5, 5.41) is 9.59. The van der Waals surface area contributed by atoms with E-state index in [1.165, 1.54) is 0 Å². The molecule has 1 aromatic rings. The van der Waals surface area contributed by atoms with E-state index in [1.54, 1.807) is 6.07 Å². The van der Waals surface area contributed by atoms with Crippen molar-refractivity contribution in [1.82, 2.24) is 0 Å². The van der Waals surface area contributed by atoms with Crippen LogP contribution in [0.5, 0.6) is 5.75 Å². The first-order valence-electron chi connectivity index (χ1n) is 4.74. The third-order valence-electron chi connectivity index (χ3n) is 3.09. The van der Waals surface area contributed by atoms with Gasteiger partial charge in [0.2, 0.25) is 0 Å². The number of phenolic OH excluding ortho intramolecular Hbond substituents is 1. The summed E-state index contributed by atoms with van der Waals surface area (Å²) in [6.45, 7) is 2.10. The lowest BCUT2D eigenvalue weighted by Crippen LogP contribution is -2.22. The number of phenols is 1. The molecule has 0 heterocycles. The number of para-hydroxylation sites is 1. The smallest absolute Gasteiger partial charge is 0.119 e. The molecule has 0 aromatic heterocycles. The number of benzene rings is 1. The van der Waals surface area contributed by atoms with E-state index < -0.39 is 0 Å². The molecule has 1 aliphatic rings. The van der Waals surface area contributed by atoms with Crippen molar-refractivity contribution >= 4 is 0 Å². The third-order valence-corrected chi connectivity index (χ3v) is 3.09. The Morgan fingerprint density at radius 3 is 2.77 bits per heavy atom. The fourth-order valence-corrected chi connectivity index (χ4v) is 1.91. The van der Waals surface area contributed by atoms with Crippen LogP contribution in [0.4, 0.5) is 0 Å². The van der Waals surface area contributed by atoms with Crippen molar-refractivity contribution in [3.05, 3.63) is 29.8 Å². The zero-order valence-electron chi connectivity index (χ0n) is 7.83. The van der Waals surface area contributed by atoms with E-state index in [2.05, 4.69) is 6.92 Å². The quantitative estimate of drug-likeness (QED) is 0.725. The summed E-state index contributed by atoms with van der Waals surface area (Å²) < 4.78 is 0. The molecular formula is C11H15NO.